The van der Waals surface area contributed by atoms with Gasteiger partial charge in [-0.05, 0) is 81.8 Å². The third-order valence-electron chi connectivity index (χ3n) is 6.87. The molecule has 0 radical (unpaired) electrons. The molecule has 4 saturated carbocycles. The van der Waals surface area contributed by atoms with E-state index >= 15 is 0 Å². The van der Waals surface area contributed by atoms with Gasteiger partial charge >= 0.3 is 6.03 Å². The standard InChI is InChI=1S/C22H33N3O3/c1-15(4-5-19-3-2-8-28-19)24-20(26)6-7-23-21(27)25-22-12-16-9-17(13-22)11-18(10-16)14-22/h2-3,8,15-18H,4-7,9-14H2,1H3,(H,24,26)(H2,23,25,27). The zero-order valence-corrected chi connectivity index (χ0v) is 16.8. The lowest BCUT2D eigenvalue weighted by Crippen LogP contribution is -2.61. The lowest BCUT2D eigenvalue weighted by Gasteiger charge is -2.56. The molecule has 154 valence electrons. The molecule has 1 aromatic rings. The van der Waals surface area contributed by atoms with Crippen LogP contribution in [0, 0.1) is 17.8 Å². The number of amides is 3. The van der Waals surface area contributed by atoms with Crippen molar-refractivity contribution < 1.29 is 14.0 Å². The average molecular weight is 388 g/mol. The van der Waals surface area contributed by atoms with Crippen molar-refractivity contribution in [3.05, 3.63) is 24.2 Å². The van der Waals surface area contributed by atoms with Crippen LogP contribution >= 0.6 is 0 Å². The van der Waals surface area contributed by atoms with Gasteiger partial charge < -0.3 is 20.4 Å². The van der Waals surface area contributed by atoms with Crippen LogP contribution in [0.3, 0.4) is 0 Å². The van der Waals surface area contributed by atoms with Gasteiger partial charge in [0.05, 0.1) is 6.26 Å². The normalized spacial score (nSPS) is 31.4. The van der Waals surface area contributed by atoms with E-state index in [1.165, 1.54) is 19.3 Å². The molecular weight excluding hydrogens is 354 g/mol. The summed E-state index contributed by atoms with van der Waals surface area (Å²) in [5.41, 5.74) is 0.0153. The Hall–Kier alpha value is -1.98. The van der Waals surface area contributed by atoms with Crippen molar-refractivity contribution >= 4 is 11.9 Å². The van der Waals surface area contributed by atoms with Crippen LogP contribution in [0.4, 0.5) is 4.79 Å². The Morgan fingerprint density at radius 1 is 1.18 bits per heavy atom. The first-order valence-corrected chi connectivity index (χ1v) is 10.9. The first-order valence-electron chi connectivity index (χ1n) is 10.9. The summed E-state index contributed by atoms with van der Waals surface area (Å²) in [5, 5.41) is 9.16. The molecular formula is C22H33N3O3. The van der Waals surface area contributed by atoms with Crippen LogP contribution < -0.4 is 16.0 Å². The van der Waals surface area contributed by atoms with Crippen molar-refractivity contribution in [2.75, 3.05) is 6.54 Å². The number of hydrogen-bond acceptors (Lipinski definition) is 3. The molecule has 3 amide bonds. The largest absolute Gasteiger partial charge is 0.469 e. The quantitative estimate of drug-likeness (QED) is 0.639. The second kappa shape index (κ2) is 8.18. The summed E-state index contributed by atoms with van der Waals surface area (Å²) in [4.78, 5) is 24.5. The van der Waals surface area contributed by atoms with Gasteiger partial charge in [-0.1, -0.05) is 0 Å². The van der Waals surface area contributed by atoms with Crippen LogP contribution in [0.5, 0.6) is 0 Å². The fourth-order valence-corrected chi connectivity index (χ4v) is 6.07. The molecule has 1 aromatic heterocycles. The van der Waals surface area contributed by atoms with Gasteiger partial charge in [-0.2, -0.15) is 0 Å². The van der Waals surface area contributed by atoms with Crippen LogP contribution in [0.1, 0.15) is 64.1 Å². The van der Waals surface area contributed by atoms with E-state index in [-0.39, 0.29) is 23.5 Å². The van der Waals surface area contributed by atoms with Gasteiger partial charge in [-0.3, -0.25) is 4.79 Å². The smallest absolute Gasteiger partial charge is 0.315 e. The Balaban J connectivity index is 1.13. The average Bonchev–Trinajstić information content (AvgIpc) is 3.11. The van der Waals surface area contributed by atoms with Crippen LogP contribution in [0.15, 0.2) is 22.8 Å². The zero-order chi connectivity index (χ0) is 19.6. The molecule has 1 heterocycles. The highest BCUT2D eigenvalue weighted by molar-refractivity contribution is 5.78. The van der Waals surface area contributed by atoms with E-state index in [0.29, 0.717) is 13.0 Å². The van der Waals surface area contributed by atoms with Crippen molar-refractivity contribution in [1.82, 2.24) is 16.0 Å². The third kappa shape index (κ3) is 4.70. The second-order valence-corrected chi connectivity index (χ2v) is 9.42. The Bertz CT molecular complexity index is 650. The summed E-state index contributed by atoms with van der Waals surface area (Å²) in [7, 11) is 0. The molecule has 28 heavy (non-hydrogen) atoms. The molecule has 4 aliphatic carbocycles. The molecule has 6 heteroatoms. The number of nitrogens with one attached hydrogen (secondary N) is 3. The summed E-state index contributed by atoms with van der Waals surface area (Å²) >= 11 is 0. The maximum Gasteiger partial charge on any atom is 0.315 e. The Kier molecular flexibility index (Phi) is 5.65. The first kappa shape index (κ1) is 19.3. The summed E-state index contributed by atoms with van der Waals surface area (Å²) in [5.74, 6) is 3.33. The predicted molar refractivity (Wildman–Crippen MR) is 107 cm³/mol. The molecule has 0 saturated heterocycles. The van der Waals surface area contributed by atoms with E-state index in [2.05, 4.69) is 16.0 Å². The van der Waals surface area contributed by atoms with Crippen LogP contribution in [-0.2, 0) is 11.2 Å². The molecule has 4 aliphatic rings. The van der Waals surface area contributed by atoms with Crippen LogP contribution in [-0.4, -0.2) is 30.1 Å². The molecule has 0 aliphatic heterocycles. The van der Waals surface area contributed by atoms with Gasteiger partial charge in [-0.15, -0.1) is 0 Å². The summed E-state index contributed by atoms with van der Waals surface area (Å²) in [6, 6.07) is 3.79. The molecule has 0 aromatic carbocycles. The molecule has 5 rings (SSSR count). The minimum absolute atomic E-state index is 0.0153. The molecule has 1 unspecified atom stereocenters. The molecule has 1 atom stereocenters. The van der Waals surface area contributed by atoms with Gasteiger partial charge in [0.2, 0.25) is 5.91 Å². The van der Waals surface area contributed by atoms with Crippen LogP contribution in [0.2, 0.25) is 0 Å². The highest BCUT2D eigenvalue weighted by Gasteiger charge is 2.51. The number of aryl methyl sites for hydroxylation is 1. The topological polar surface area (TPSA) is 83.4 Å². The Morgan fingerprint density at radius 2 is 1.86 bits per heavy atom. The van der Waals surface area contributed by atoms with Gasteiger partial charge in [-0.25, -0.2) is 4.79 Å². The monoisotopic (exact) mass is 387 g/mol. The van der Waals surface area contributed by atoms with Crippen molar-refractivity contribution in [2.24, 2.45) is 17.8 Å². The Labute approximate surface area is 167 Å². The third-order valence-corrected chi connectivity index (χ3v) is 6.87. The molecule has 3 N–H and O–H groups in total. The number of hydrogen-bond donors (Lipinski definition) is 3. The number of urea groups is 1. The summed E-state index contributed by atoms with van der Waals surface area (Å²) < 4.78 is 5.31. The van der Waals surface area contributed by atoms with E-state index < -0.39 is 0 Å². The van der Waals surface area contributed by atoms with Crippen molar-refractivity contribution in [1.29, 1.82) is 0 Å². The van der Waals surface area contributed by atoms with E-state index in [1.807, 2.05) is 19.1 Å². The van der Waals surface area contributed by atoms with E-state index in [0.717, 1.165) is 55.6 Å². The summed E-state index contributed by atoms with van der Waals surface area (Å²) in [6.45, 7) is 2.36. The maximum atomic E-state index is 12.4. The van der Waals surface area contributed by atoms with Gasteiger partial charge in [0.1, 0.15) is 5.76 Å². The first-order chi connectivity index (χ1) is 13.5. The Morgan fingerprint density at radius 3 is 2.46 bits per heavy atom. The van der Waals surface area contributed by atoms with Crippen molar-refractivity contribution in [3.63, 3.8) is 0 Å². The minimum atomic E-state index is -0.111. The number of furan rings is 1. The SMILES string of the molecule is CC(CCc1ccco1)NC(=O)CCNC(=O)NC12CC3CC(CC(C3)C1)C2. The number of carbonyl (C=O) groups is 2. The second-order valence-electron chi connectivity index (χ2n) is 9.42. The molecule has 4 bridgehead atoms. The fraction of sp³-hybridized carbons (Fsp3) is 0.727. The summed E-state index contributed by atoms with van der Waals surface area (Å²) in [6.07, 6.45) is 11.1. The van der Waals surface area contributed by atoms with Crippen molar-refractivity contribution in [2.45, 2.75) is 76.3 Å². The maximum absolute atomic E-state index is 12.4. The highest BCUT2D eigenvalue weighted by Crippen LogP contribution is 2.55. The predicted octanol–water partition coefficient (Wildman–Crippen LogP) is 3.38. The number of carbonyl (C=O) groups excluding carboxylic acids is 2. The number of rotatable bonds is 8. The van der Waals surface area contributed by atoms with E-state index in [4.69, 9.17) is 4.42 Å². The van der Waals surface area contributed by atoms with Gasteiger partial charge in [0.25, 0.3) is 0 Å². The van der Waals surface area contributed by atoms with Gasteiger partial charge in [0, 0.05) is 31.0 Å². The minimum Gasteiger partial charge on any atom is -0.469 e. The van der Waals surface area contributed by atoms with Gasteiger partial charge in [0.15, 0.2) is 0 Å². The molecule has 4 fully saturated rings. The zero-order valence-electron chi connectivity index (χ0n) is 16.8. The van der Waals surface area contributed by atoms with E-state index in [1.54, 1.807) is 6.26 Å². The molecule has 0 spiro atoms. The lowest BCUT2D eigenvalue weighted by molar-refractivity contribution is -0.121. The van der Waals surface area contributed by atoms with E-state index in [9.17, 15) is 9.59 Å². The highest BCUT2D eigenvalue weighted by atomic mass is 16.3. The fourth-order valence-electron chi connectivity index (χ4n) is 6.07. The lowest BCUT2D eigenvalue weighted by atomic mass is 9.53. The molecule has 6 nitrogen and oxygen atoms in total. The van der Waals surface area contributed by atoms with Crippen LogP contribution in [0.25, 0.3) is 0 Å². The van der Waals surface area contributed by atoms with Crippen molar-refractivity contribution in [3.8, 4) is 0 Å².